The second-order valence-electron chi connectivity index (χ2n) is 4.38. The number of rotatable bonds is 7. The molecule has 0 fully saturated rings. The summed E-state index contributed by atoms with van der Waals surface area (Å²) in [6, 6.07) is 6.94. The van der Waals surface area contributed by atoms with Crippen LogP contribution >= 0.6 is 34.5 Å². The molecule has 1 aromatic carbocycles. The normalized spacial score (nSPS) is 10.8. The van der Waals surface area contributed by atoms with E-state index in [1.165, 1.54) is 0 Å². The van der Waals surface area contributed by atoms with Crippen molar-refractivity contribution in [2.45, 2.75) is 12.8 Å². The molecular weight excluding hydrogens is 343 g/mol. The summed E-state index contributed by atoms with van der Waals surface area (Å²) < 4.78 is 5.50. The molecule has 0 spiro atoms. The summed E-state index contributed by atoms with van der Waals surface area (Å²) in [4.78, 5) is 11.6. The summed E-state index contributed by atoms with van der Waals surface area (Å²) in [5, 5.41) is 8.78. The molecule has 0 aliphatic carbocycles. The maximum Gasteiger partial charge on any atom is 0.240 e. The highest BCUT2D eigenvalue weighted by molar-refractivity contribution is 7.08. The van der Waals surface area contributed by atoms with Gasteiger partial charge in [0.05, 0.1) is 17.8 Å². The van der Waals surface area contributed by atoms with Gasteiger partial charge in [0, 0.05) is 17.0 Å². The molecule has 2 aromatic rings. The van der Waals surface area contributed by atoms with Crippen molar-refractivity contribution in [2.24, 2.45) is 5.10 Å². The van der Waals surface area contributed by atoms with Crippen LogP contribution in [0.2, 0.25) is 10.0 Å². The van der Waals surface area contributed by atoms with Gasteiger partial charge in [-0.2, -0.15) is 16.4 Å². The Balaban J connectivity index is 1.64. The number of hydrogen-bond acceptors (Lipinski definition) is 4. The smallest absolute Gasteiger partial charge is 0.240 e. The summed E-state index contributed by atoms with van der Waals surface area (Å²) in [7, 11) is 0. The van der Waals surface area contributed by atoms with Crippen LogP contribution in [0.3, 0.4) is 0 Å². The number of nitrogens with one attached hydrogen (secondary N) is 1. The minimum absolute atomic E-state index is 0.155. The van der Waals surface area contributed by atoms with Gasteiger partial charge in [-0.25, -0.2) is 5.43 Å². The average Bonchev–Trinajstić information content (AvgIpc) is 2.99. The van der Waals surface area contributed by atoms with E-state index in [0.717, 1.165) is 5.56 Å². The Morgan fingerprint density at radius 1 is 1.36 bits per heavy atom. The summed E-state index contributed by atoms with van der Waals surface area (Å²) in [5.74, 6) is 0.402. The topological polar surface area (TPSA) is 50.7 Å². The number of halogens is 2. The summed E-state index contributed by atoms with van der Waals surface area (Å²) >= 11 is 13.4. The zero-order valence-electron chi connectivity index (χ0n) is 11.6. The zero-order chi connectivity index (χ0) is 15.8. The van der Waals surface area contributed by atoms with Crippen LogP contribution in [0, 0.1) is 0 Å². The Morgan fingerprint density at radius 3 is 2.95 bits per heavy atom. The van der Waals surface area contributed by atoms with Crippen molar-refractivity contribution < 1.29 is 9.53 Å². The van der Waals surface area contributed by atoms with E-state index in [0.29, 0.717) is 35.2 Å². The first kappa shape index (κ1) is 16.8. The molecule has 0 aliphatic rings. The van der Waals surface area contributed by atoms with E-state index in [1.54, 1.807) is 35.8 Å². The average molecular weight is 357 g/mol. The lowest BCUT2D eigenvalue weighted by Gasteiger charge is -2.07. The second-order valence-corrected chi connectivity index (χ2v) is 6.00. The fourth-order valence-electron chi connectivity index (χ4n) is 1.59. The van der Waals surface area contributed by atoms with Gasteiger partial charge in [0.2, 0.25) is 5.91 Å². The molecule has 4 nitrogen and oxygen atoms in total. The number of amides is 1. The Morgan fingerprint density at radius 2 is 2.23 bits per heavy atom. The monoisotopic (exact) mass is 356 g/mol. The number of hydrogen-bond donors (Lipinski definition) is 1. The molecule has 0 saturated heterocycles. The van der Waals surface area contributed by atoms with Crippen LogP contribution in [-0.2, 0) is 4.79 Å². The Labute approximate surface area is 142 Å². The van der Waals surface area contributed by atoms with E-state index in [2.05, 4.69) is 10.5 Å². The van der Waals surface area contributed by atoms with E-state index in [9.17, 15) is 4.79 Å². The molecule has 0 unspecified atom stereocenters. The van der Waals surface area contributed by atoms with Gasteiger partial charge in [0.15, 0.2) is 0 Å². The molecule has 0 bridgehead atoms. The molecular formula is C15H14Cl2N2O2S. The SMILES string of the molecule is O=C(CCCOc1ccc(Cl)cc1Cl)N/N=C/c1ccsc1. The quantitative estimate of drug-likeness (QED) is 0.455. The van der Waals surface area contributed by atoms with Crippen LogP contribution in [0.4, 0.5) is 0 Å². The maximum absolute atomic E-state index is 11.6. The molecule has 0 saturated carbocycles. The van der Waals surface area contributed by atoms with Crippen molar-refractivity contribution in [1.82, 2.24) is 5.43 Å². The standard InChI is InChI=1S/C15H14Cl2N2O2S/c16-12-3-4-14(13(17)8-12)21-6-1-2-15(20)19-18-9-11-5-7-22-10-11/h3-5,7-10H,1-2,6H2,(H,19,20)/b18-9+. The largest absolute Gasteiger partial charge is 0.492 e. The lowest BCUT2D eigenvalue weighted by atomic mass is 10.3. The van der Waals surface area contributed by atoms with Gasteiger partial charge < -0.3 is 4.74 Å². The first-order chi connectivity index (χ1) is 10.6. The molecule has 22 heavy (non-hydrogen) atoms. The minimum atomic E-state index is -0.155. The third-order valence-electron chi connectivity index (χ3n) is 2.65. The maximum atomic E-state index is 11.6. The zero-order valence-corrected chi connectivity index (χ0v) is 13.9. The number of ether oxygens (including phenoxy) is 1. The number of carbonyl (C=O) groups is 1. The summed E-state index contributed by atoms with van der Waals surface area (Å²) in [6.07, 6.45) is 2.50. The molecule has 1 aromatic heterocycles. The van der Waals surface area contributed by atoms with Crippen LogP contribution in [-0.4, -0.2) is 18.7 Å². The fourth-order valence-corrected chi connectivity index (χ4v) is 2.66. The molecule has 2 rings (SSSR count). The lowest BCUT2D eigenvalue weighted by Crippen LogP contribution is -2.18. The van der Waals surface area contributed by atoms with Crippen LogP contribution in [0.15, 0.2) is 40.1 Å². The Bertz CT molecular complexity index is 645. The molecule has 116 valence electrons. The summed E-state index contributed by atoms with van der Waals surface area (Å²) in [5.41, 5.74) is 3.44. The lowest BCUT2D eigenvalue weighted by molar-refractivity contribution is -0.121. The van der Waals surface area contributed by atoms with Gasteiger partial charge in [-0.05, 0) is 41.4 Å². The van der Waals surface area contributed by atoms with Crippen molar-refractivity contribution in [3.8, 4) is 5.75 Å². The summed E-state index contributed by atoms with van der Waals surface area (Å²) in [6.45, 7) is 0.392. The third kappa shape index (κ3) is 5.67. The number of benzene rings is 1. The number of hydrazone groups is 1. The van der Waals surface area contributed by atoms with E-state index in [4.69, 9.17) is 27.9 Å². The molecule has 1 amide bonds. The highest BCUT2D eigenvalue weighted by atomic mass is 35.5. The first-order valence-electron chi connectivity index (χ1n) is 6.57. The van der Waals surface area contributed by atoms with Crippen molar-refractivity contribution in [1.29, 1.82) is 0 Å². The van der Waals surface area contributed by atoms with E-state index < -0.39 is 0 Å². The Hall–Kier alpha value is -1.56. The predicted octanol–water partition coefficient (Wildman–Crippen LogP) is 4.36. The molecule has 0 atom stereocenters. The molecule has 1 N–H and O–H groups in total. The van der Waals surface area contributed by atoms with Crippen LogP contribution in [0.1, 0.15) is 18.4 Å². The van der Waals surface area contributed by atoms with Crippen LogP contribution < -0.4 is 10.2 Å². The van der Waals surface area contributed by atoms with Crippen molar-refractivity contribution >= 4 is 46.7 Å². The molecule has 0 radical (unpaired) electrons. The van der Waals surface area contributed by atoms with Gasteiger partial charge >= 0.3 is 0 Å². The van der Waals surface area contributed by atoms with Crippen molar-refractivity contribution in [3.63, 3.8) is 0 Å². The minimum Gasteiger partial charge on any atom is -0.492 e. The first-order valence-corrected chi connectivity index (χ1v) is 8.27. The van der Waals surface area contributed by atoms with Crippen molar-refractivity contribution in [3.05, 3.63) is 50.6 Å². The van der Waals surface area contributed by atoms with E-state index in [1.807, 2.05) is 16.8 Å². The number of thiophene rings is 1. The molecule has 0 aliphatic heterocycles. The van der Waals surface area contributed by atoms with E-state index in [-0.39, 0.29) is 5.91 Å². The second kappa shape index (κ2) is 8.78. The van der Waals surface area contributed by atoms with Gasteiger partial charge in [-0.15, -0.1) is 0 Å². The predicted molar refractivity (Wildman–Crippen MR) is 91.2 cm³/mol. The highest BCUT2D eigenvalue weighted by Gasteiger charge is 2.04. The van der Waals surface area contributed by atoms with Gasteiger partial charge in [-0.1, -0.05) is 23.2 Å². The number of carbonyl (C=O) groups excluding carboxylic acids is 1. The molecule has 1 heterocycles. The van der Waals surface area contributed by atoms with Gasteiger partial charge in [0.25, 0.3) is 0 Å². The van der Waals surface area contributed by atoms with Crippen LogP contribution in [0.25, 0.3) is 0 Å². The highest BCUT2D eigenvalue weighted by Crippen LogP contribution is 2.27. The van der Waals surface area contributed by atoms with E-state index >= 15 is 0 Å². The van der Waals surface area contributed by atoms with Gasteiger partial charge in [0.1, 0.15) is 5.75 Å². The van der Waals surface area contributed by atoms with Crippen LogP contribution in [0.5, 0.6) is 5.75 Å². The number of nitrogens with zero attached hydrogens (tertiary/aromatic N) is 1. The van der Waals surface area contributed by atoms with Crippen molar-refractivity contribution in [2.75, 3.05) is 6.61 Å². The molecule has 7 heteroatoms. The van der Waals surface area contributed by atoms with Gasteiger partial charge in [-0.3, -0.25) is 4.79 Å². The Kier molecular flexibility index (Phi) is 6.71. The third-order valence-corrected chi connectivity index (χ3v) is 3.88. The fraction of sp³-hybridized carbons (Fsp3) is 0.200.